The van der Waals surface area contributed by atoms with Crippen LogP contribution in [0.4, 0.5) is 0 Å². The normalized spacial score (nSPS) is 21.7. The van der Waals surface area contributed by atoms with Crippen molar-refractivity contribution >= 4 is 11.8 Å². The van der Waals surface area contributed by atoms with Crippen LogP contribution in [0.15, 0.2) is 48.5 Å². The van der Waals surface area contributed by atoms with Crippen LogP contribution in [0.5, 0.6) is 5.75 Å². The molecule has 0 saturated heterocycles. The Labute approximate surface area is 223 Å². The summed E-state index contributed by atoms with van der Waals surface area (Å²) in [6.45, 7) is 6.53. The van der Waals surface area contributed by atoms with Gasteiger partial charge >= 0.3 is 0 Å². The molecule has 2 aromatic rings. The quantitative estimate of drug-likeness (QED) is 0.473. The molecule has 0 N–H and O–H groups in total. The number of fused-ring (bicyclic) bond motifs is 2. The van der Waals surface area contributed by atoms with Gasteiger partial charge in [0.25, 0.3) is 5.91 Å². The number of rotatable bonds is 4. The molecule has 200 valence electrons. The summed E-state index contributed by atoms with van der Waals surface area (Å²) < 4.78 is 6.69. The van der Waals surface area contributed by atoms with Gasteiger partial charge in [-0.25, -0.2) is 0 Å². The molecule has 2 aliphatic rings. The Morgan fingerprint density at radius 2 is 1.59 bits per heavy atom. The molecular weight excluding hydrogens is 460 g/mol. The zero-order chi connectivity index (χ0) is 26.0. The zero-order valence-electron chi connectivity index (χ0n) is 22.8. The van der Waals surface area contributed by atoms with E-state index >= 15 is 0 Å². The summed E-state index contributed by atoms with van der Waals surface area (Å²) in [5.74, 6) is 0.913. The predicted octanol–water partition coefficient (Wildman–Crippen LogP) is 6.57. The fourth-order valence-corrected chi connectivity index (χ4v) is 5.90. The molecular formula is C32H44N2O3. The molecule has 0 spiro atoms. The van der Waals surface area contributed by atoms with Gasteiger partial charge in [0.1, 0.15) is 11.9 Å². The maximum absolute atomic E-state index is 13.8. The highest BCUT2D eigenvalue weighted by molar-refractivity contribution is 5.97. The van der Waals surface area contributed by atoms with Crippen LogP contribution in [0.3, 0.4) is 0 Å². The minimum Gasteiger partial charge on any atom is -0.487 e. The highest BCUT2D eigenvalue weighted by atomic mass is 16.5. The number of aryl methyl sites for hydroxylation is 1. The Morgan fingerprint density at radius 3 is 2.41 bits per heavy atom. The van der Waals surface area contributed by atoms with E-state index in [9.17, 15) is 9.59 Å². The summed E-state index contributed by atoms with van der Waals surface area (Å²) in [5.41, 5.74) is 2.91. The minimum atomic E-state index is -0.103. The van der Waals surface area contributed by atoms with Crippen molar-refractivity contribution in [2.75, 3.05) is 19.6 Å². The monoisotopic (exact) mass is 504 g/mol. The molecule has 2 amide bonds. The van der Waals surface area contributed by atoms with Crippen molar-refractivity contribution in [1.82, 2.24) is 9.80 Å². The topological polar surface area (TPSA) is 49.9 Å². The standard InChI is InChI=1S/C32H44N2O3/c1-3-21-33-22-13-5-4-6-14-23-34(31(35)24-26-16-8-7-15-25(26)2)28-18-10-12-20-30(28)37-29-19-11-9-17-27(29)32(33)36/h7-9,11,15-17,19,28,30H,3-6,10,12-14,18,20-24H2,1-2H3/t28-,30+/m1/s1. The molecule has 2 atom stereocenters. The lowest BCUT2D eigenvalue weighted by atomic mass is 9.90. The number of hydrogen-bond acceptors (Lipinski definition) is 3. The lowest BCUT2D eigenvalue weighted by Gasteiger charge is -2.40. The average molecular weight is 505 g/mol. The highest BCUT2D eigenvalue weighted by Crippen LogP contribution is 2.31. The second-order valence-corrected chi connectivity index (χ2v) is 10.8. The number of carbonyl (C=O) groups is 2. The van der Waals surface area contributed by atoms with E-state index in [1.165, 1.54) is 0 Å². The van der Waals surface area contributed by atoms with Gasteiger partial charge in [-0.05, 0) is 68.7 Å². The molecule has 1 saturated carbocycles. The van der Waals surface area contributed by atoms with Gasteiger partial charge in [0.05, 0.1) is 18.0 Å². The lowest BCUT2D eigenvalue weighted by molar-refractivity contribution is -0.136. The molecule has 0 bridgehead atoms. The van der Waals surface area contributed by atoms with Crippen molar-refractivity contribution in [3.63, 3.8) is 0 Å². The molecule has 2 aromatic carbocycles. The van der Waals surface area contributed by atoms with Crippen LogP contribution in [-0.4, -0.2) is 53.4 Å². The second kappa shape index (κ2) is 13.6. The fourth-order valence-electron chi connectivity index (χ4n) is 5.90. The van der Waals surface area contributed by atoms with Gasteiger partial charge in [-0.3, -0.25) is 9.59 Å². The van der Waals surface area contributed by atoms with E-state index in [1.54, 1.807) is 0 Å². The van der Waals surface area contributed by atoms with Crippen LogP contribution in [0, 0.1) is 6.92 Å². The van der Waals surface area contributed by atoms with E-state index in [-0.39, 0.29) is 24.0 Å². The summed E-state index contributed by atoms with van der Waals surface area (Å²) in [6.07, 6.45) is 10.7. The lowest BCUT2D eigenvalue weighted by Crippen LogP contribution is -2.51. The molecule has 4 rings (SSSR count). The van der Waals surface area contributed by atoms with E-state index in [0.717, 1.165) is 95.0 Å². The Balaban J connectivity index is 1.63. The molecule has 1 aliphatic carbocycles. The van der Waals surface area contributed by atoms with Crippen LogP contribution in [0.25, 0.3) is 0 Å². The average Bonchev–Trinajstić information content (AvgIpc) is 2.91. The summed E-state index contributed by atoms with van der Waals surface area (Å²) in [6, 6.07) is 15.9. The number of benzene rings is 2. The Kier molecular flexibility index (Phi) is 10.0. The second-order valence-electron chi connectivity index (χ2n) is 10.8. The van der Waals surface area contributed by atoms with Crippen molar-refractivity contribution in [3.05, 3.63) is 65.2 Å². The van der Waals surface area contributed by atoms with Gasteiger partial charge in [-0.15, -0.1) is 0 Å². The Bertz CT molecular complexity index is 1040. The number of nitrogens with zero attached hydrogens (tertiary/aromatic N) is 2. The van der Waals surface area contributed by atoms with Gasteiger partial charge in [-0.1, -0.05) is 69.0 Å². The van der Waals surface area contributed by atoms with Crippen LogP contribution in [0.1, 0.15) is 92.6 Å². The molecule has 1 heterocycles. The fraction of sp³-hybridized carbons (Fsp3) is 0.562. The number of para-hydroxylation sites is 1. The van der Waals surface area contributed by atoms with Crippen molar-refractivity contribution < 1.29 is 14.3 Å². The molecule has 1 aliphatic heterocycles. The van der Waals surface area contributed by atoms with Crippen molar-refractivity contribution in [2.24, 2.45) is 0 Å². The first-order chi connectivity index (χ1) is 18.1. The van der Waals surface area contributed by atoms with Crippen LogP contribution in [-0.2, 0) is 11.2 Å². The number of amides is 2. The van der Waals surface area contributed by atoms with E-state index in [1.807, 2.05) is 41.3 Å². The van der Waals surface area contributed by atoms with E-state index in [0.29, 0.717) is 17.7 Å². The maximum Gasteiger partial charge on any atom is 0.257 e. The van der Waals surface area contributed by atoms with E-state index < -0.39 is 0 Å². The third-order valence-corrected chi connectivity index (χ3v) is 7.99. The van der Waals surface area contributed by atoms with Gasteiger partial charge < -0.3 is 14.5 Å². The Morgan fingerprint density at radius 1 is 0.892 bits per heavy atom. The Hall–Kier alpha value is -2.82. The molecule has 37 heavy (non-hydrogen) atoms. The molecule has 0 aromatic heterocycles. The first kappa shape index (κ1) is 27.2. The van der Waals surface area contributed by atoms with Gasteiger partial charge in [0.15, 0.2) is 0 Å². The molecule has 0 radical (unpaired) electrons. The number of ether oxygens (including phenoxy) is 1. The first-order valence-electron chi connectivity index (χ1n) is 14.5. The maximum atomic E-state index is 13.8. The number of carbonyl (C=O) groups excluding carboxylic acids is 2. The minimum absolute atomic E-state index is 0.0327. The van der Waals surface area contributed by atoms with Crippen molar-refractivity contribution in [3.8, 4) is 5.75 Å². The van der Waals surface area contributed by atoms with Gasteiger partial charge in [0.2, 0.25) is 5.91 Å². The molecule has 5 nitrogen and oxygen atoms in total. The molecule has 0 unspecified atom stereocenters. The van der Waals surface area contributed by atoms with Crippen LogP contribution in [0.2, 0.25) is 0 Å². The van der Waals surface area contributed by atoms with Crippen LogP contribution >= 0.6 is 0 Å². The first-order valence-corrected chi connectivity index (χ1v) is 14.5. The molecule has 5 heteroatoms. The third-order valence-electron chi connectivity index (χ3n) is 7.99. The third kappa shape index (κ3) is 7.15. The van der Waals surface area contributed by atoms with E-state index in [2.05, 4.69) is 30.9 Å². The highest BCUT2D eigenvalue weighted by Gasteiger charge is 2.35. The molecule has 1 fully saturated rings. The number of hydrogen-bond donors (Lipinski definition) is 0. The predicted molar refractivity (Wildman–Crippen MR) is 149 cm³/mol. The van der Waals surface area contributed by atoms with Crippen molar-refractivity contribution in [2.45, 2.75) is 96.6 Å². The largest absolute Gasteiger partial charge is 0.487 e. The van der Waals surface area contributed by atoms with Gasteiger partial charge in [-0.2, -0.15) is 0 Å². The zero-order valence-corrected chi connectivity index (χ0v) is 22.8. The van der Waals surface area contributed by atoms with Crippen LogP contribution < -0.4 is 4.74 Å². The van der Waals surface area contributed by atoms with Gasteiger partial charge in [0, 0.05) is 19.6 Å². The summed E-state index contributed by atoms with van der Waals surface area (Å²) in [5, 5.41) is 0. The summed E-state index contributed by atoms with van der Waals surface area (Å²) >= 11 is 0. The van der Waals surface area contributed by atoms with Crippen molar-refractivity contribution in [1.29, 1.82) is 0 Å². The summed E-state index contributed by atoms with van der Waals surface area (Å²) in [7, 11) is 0. The summed E-state index contributed by atoms with van der Waals surface area (Å²) in [4.78, 5) is 31.5. The smallest absolute Gasteiger partial charge is 0.257 e. The SMILES string of the molecule is CCCN1CCCCCCCN(C(=O)Cc2ccccc2C)[C@@H]2CCCC[C@@H]2Oc2ccccc2C1=O. The van der Waals surface area contributed by atoms with E-state index in [4.69, 9.17) is 4.74 Å².